The van der Waals surface area contributed by atoms with E-state index in [2.05, 4.69) is 15.0 Å². The molecule has 0 radical (unpaired) electrons. The van der Waals surface area contributed by atoms with E-state index in [0.29, 0.717) is 18.3 Å². The number of hydrogen-bond donors (Lipinski definition) is 1. The maximum Gasteiger partial charge on any atom is 0.303 e. The van der Waals surface area contributed by atoms with Crippen LogP contribution < -0.4 is 0 Å². The molecule has 1 aromatic rings. The van der Waals surface area contributed by atoms with E-state index in [-0.39, 0.29) is 17.8 Å². The van der Waals surface area contributed by atoms with Gasteiger partial charge >= 0.3 is 5.97 Å². The lowest BCUT2D eigenvalue weighted by Crippen LogP contribution is -2.35. The Bertz CT molecular complexity index is 464. The van der Waals surface area contributed by atoms with Crippen LogP contribution in [-0.4, -0.2) is 39.2 Å². The van der Waals surface area contributed by atoms with E-state index in [1.807, 2.05) is 20.8 Å². The van der Waals surface area contributed by atoms with Crippen molar-refractivity contribution in [2.75, 3.05) is 13.1 Å². The maximum absolute atomic E-state index is 10.8. The second-order valence-corrected chi connectivity index (χ2v) is 6.60. The zero-order chi connectivity index (χ0) is 14.8. The lowest BCUT2D eigenvalue weighted by Gasteiger charge is -2.30. The Labute approximate surface area is 119 Å². The number of rotatable bonds is 4. The van der Waals surface area contributed by atoms with E-state index in [9.17, 15) is 4.79 Å². The molecule has 6 nitrogen and oxygen atoms in total. The molecule has 1 fully saturated rings. The van der Waals surface area contributed by atoms with E-state index >= 15 is 0 Å². The monoisotopic (exact) mass is 281 g/mol. The molecule has 1 N–H and O–H groups in total. The Morgan fingerprint density at radius 2 is 2.25 bits per heavy atom. The van der Waals surface area contributed by atoms with Crippen molar-refractivity contribution in [3.63, 3.8) is 0 Å². The molecule has 0 bridgehead atoms. The van der Waals surface area contributed by atoms with Gasteiger partial charge in [0.15, 0.2) is 5.82 Å². The fraction of sp³-hybridized carbons (Fsp3) is 0.786. The highest BCUT2D eigenvalue weighted by molar-refractivity contribution is 5.67. The van der Waals surface area contributed by atoms with Gasteiger partial charge in [-0.25, -0.2) is 0 Å². The molecule has 1 atom stereocenters. The number of carboxylic acid groups (broad SMARTS) is 1. The van der Waals surface area contributed by atoms with Crippen LogP contribution >= 0.6 is 0 Å². The molecule has 0 spiro atoms. The summed E-state index contributed by atoms with van der Waals surface area (Å²) in [6.07, 6.45) is 2.26. The van der Waals surface area contributed by atoms with Gasteiger partial charge in [-0.2, -0.15) is 4.98 Å². The summed E-state index contributed by atoms with van der Waals surface area (Å²) in [5.41, 5.74) is -0.116. The number of nitrogens with zero attached hydrogens (tertiary/aromatic N) is 3. The van der Waals surface area contributed by atoms with Gasteiger partial charge in [0.25, 0.3) is 0 Å². The molecular weight excluding hydrogens is 258 g/mol. The second-order valence-electron chi connectivity index (χ2n) is 6.60. The zero-order valence-electron chi connectivity index (χ0n) is 12.4. The number of aromatic nitrogens is 2. The molecule has 1 unspecified atom stereocenters. The number of carboxylic acids is 1. The summed E-state index contributed by atoms with van der Waals surface area (Å²) in [4.78, 5) is 17.4. The molecule has 6 heteroatoms. The van der Waals surface area contributed by atoms with Crippen LogP contribution in [0.5, 0.6) is 0 Å². The minimum atomic E-state index is -0.718. The summed E-state index contributed by atoms with van der Waals surface area (Å²) >= 11 is 0. The van der Waals surface area contributed by atoms with Crippen LogP contribution in [0.25, 0.3) is 0 Å². The maximum atomic E-state index is 10.8. The van der Waals surface area contributed by atoms with Crippen molar-refractivity contribution < 1.29 is 14.4 Å². The fourth-order valence-corrected chi connectivity index (χ4v) is 2.52. The third-order valence-corrected chi connectivity index (χ3v) is 3.56. The Morgan fingerprint density at radius 1 is 1.50 bits per heavy atom. The van der Waals surface area contributed by atoms with Crippen LogP contribution in [0.4, 0.5) is 0 Å². The summed E-state index contributed by atoms with van der Waals surface area (Å²) in [6.45, 7) is 8.50. The van der Waals surface area contributed by atoms with Crippen molar-refractivity contribution in [1.29, 1.82) is 0 Å². The second kappa shape index (κ2) is 5.91. The van der Waals surface area contributed by atoms with Gasteiger partial charge < -0.3 is 9.63 Å². The topological polar surface area (TPSA) is 79.5 Å². The summed E-state index contributed by atoms with van der Waals surface area (Å²) in [5, 5.41) is 12.9. The molecule has 1 aromatic heterocycles. The lowest BCUT2D eigenvalue weighted by molar-refractivity contribution is -0.138. The first kappa shape index (κ1) is 15.0. The number of piperidine rings is 1. The molecule has 0 aliphatic carbocycles. The van der Waals surface area contributed by atoms with Crippen LogP contribution in [0.15, 0.2) is 4.52 Å². The lowest BCUT2D eigenvalue weighted by atomic mass is 9.95. The molecule has 1 aliphatic heterocycles. The van der Waals surface area contributed by atoms with Crippen LogP contribution in [0.1, 0.15) is 51.7 Å². The Kier molecular flexibility index (Phi) is 4.42. The largest absolute Gasteiger partial charge is 0.481 e. The van der Waals surface area contributed by atoms with Gasteiger partial charge in [0.1, 0.15) is 0 Å². The van der Waals surface area contributed by atoms with Gasteiger partial charge in [0, 0.05) is 18.4 Å². The van der Waals surface area contributed by atoms with E-state index < -0.39 is 5.97 Å². The predicted octanol–water partition coefficient (Wildman–Crippen LogP) is 2.05. The standard InChI is InChI=1S/C14H23N3O3/c1-14(2,3)13-15-11(20-16-13)9-17-6-4-5-10(8-17)7-12(18)19/h10H,4-9H2,1-3H3,(H,18,19). The van der Waals surface area contributed by atoms with Crippen molar-refractivity contribution in [2.24, 2.45) is 5.92 Å². The van der Waals surface area contributed by atoms with Crippen molar-refractivity contribution in [2.45, 2.75) is 52.0 Å². The summed E-state index contributed by atoms with van der Waals surface area (Å²) in [6, 6.07) is 0. The Balaban J connectivity index is 1.92. The molecule has 1 saturated heterocycles. The van der Waals surface area contributed by atoms with Crippen LogP contribution in [-0.2, 0) is 16.8 Å². The van der Waals surface area contributed by atoms with E-state index in [0.717, 1.165) is 25.9 Å². The number of likely N-dealkylation sites (tertiary alicyclic amines) is 1. The first-order chi connectivity index (χ1) is 9.34. The first-order valence-electron chi connectivity index (χ1n) is 7.12. The molecule has 1 aliphatic rings. The quantitative estimate of drug-likeness (QED) is 0.910. The molecule has 0 saturated carbocycles. The summed E-state index contributed by atoms with van der Waals surface area (Å²) in [7, 11) is 0. The van der Waals surface area contributed by atoms with E-state index in [1.54, 1.807) is 0 Å². The molecular formula is C14H23N3O3. The summed E-state index contributed by atoms with van der Waals surface area (Å²) in [5.74, 6) is 0.841. The van der Waals surface area contributed by atoms with Gasteiger partial charge in [-0.3, -0.25) is 9.69 Å². The number of carbonyl (C=O) groups is 1. The first-order valence-corrected chi connectivity index (χ1v) is 7.12. The Morgan fingerprint density at radius 3 is 2.85 bits per heavy atom. The zero-order valence-corrected chi connectivity index (χ0v) is 12.4. The van der Waals surface area contributed by atoms with Gasteiger partial charge in [0.2, 0.25) is 5.89 Å². The van der Waals surface area contributed by atoms with Gasteiger partial charge in [-0.1, -0.05) is 25.9 Å². The van der Waals surface area contributed by atoms with Gasteiger partial charge in [-0.15, -0.1) is 0 Å². The fourth-order valence-electron chi connectivity index (χ4n) is 2.52. The van der Waals surface area contributed by atoms with Crippen LogP contribution in [0, 0.1) is 5.92 Å². The third kappa shape index (κ3) is 4.03. The average molecular weight is 281 g/mol. The molecule has 2 heterocycles. The molecule has 20 heavy (non-hydrogen) atoms. The van der Waals surface area contributed by atoms with Crippen molar-refractivity contribution in [3.8, 4) is 0 Å². The van der Waals surface area contributed by atoms with Gasteiger partial charge in [0.05, 0.1) is 6.54 Å². The highest BCUT2D eigenvalue weighted by Crippen LogP contribution is 2.22. The molecule has 2 rings (SSSR count). The minimum absolute atomic E-state index is 0.116. The van der Waals surface area contributed by atoms with E-state index in [4.69, 9.17) is 9.63 Å². The molecule has 0 amide bonds. The smallest absolute Gasteiger partial charge is 0.303 e. The van der Waals surface area contributed by atoms with Crippen LogP contribution in [0.3, 0.4) is 0 Å². The van der Waals surface area contributed by atoms with Crippen molar-refractivity contribution >= 4 is 5.97 Å². The highest BCUT2D eigenvalue weighted by Gasteiger charge is 2.25. The van der Waals surface area contributed by atoms with Crippen molar-refractivity contribution in [1.82, 2.24) is 15.0 Å². The third-order valence-electron chi connectivity index (χ3n) is 3.56. The minimum Gasteiger partial charge on any atom is -0.481 e. The van der Waals surface area contributed by atoms with Gasteiger partial charge in [-0.05, 0) is 25.3 Å². The highest BCUT2D eigenvalue weighted by atomic mass is 16.5. The predicted molar refractivity (Wildman–Crippen MR) is 73.3 cm³/mol. The van der Waals surface area contributed by atoms with Crippen LogP contribution in [0.2, 0.25) is 0 Å². The Hall–Kier alpha value is -1.43. The number of hydrogen-bond acceptors (Lipinski definition) is 5. The van der Waals surface area contributed by atoms with E-state index in [1.165, 1.54) is 0 Å². The van der Waals surface area contributed by atoms with Crippen molar-refractivity contribution in [3.05, 3.63) is 11.7 Å². The number of aliphatic carboxylic acids is 1. The average Bonchev–Trinajstić information content (AvgIpc) is 2.76. The SMILES string of the molecule is CC(C)(C)c1noc(CN2CCCC(CC(=O)O)C2)n1. The normalized spacial score (nSPS) is 21.1. The summed E-state index contributed by atoms with van der Waals surface area (Å²) < 4.78 is 5.29. The molecule has 112 valence electrons. The molecule has 0 aromatic carbocycles.